The molecule has 2 aliphatic rings. The minimum atomic E-state index is -0.402. The summed E-state index contributed by atoms with van der Waals surface area (Å²) in [5.41, 5.74) is 2.57. The van der Waals surface area contributed by atoms with Gasteiger partial charge in [-0.15, -0.1) is 0 Å². The summed E-state index contributed by atoms with van der Waals surface area (Å²) in [4.78, 5) is 27.3. The highest BCUT2D eigenvalue weighted by Crippen LogP contribution is 2.28. The molecule has 2 amide bonds. The molecular weight excluding hydrogens is 256 g/mol. The van der Waals surface area contributed by atoms with Crippen LogP contribution in [-0.2, 0) is 11.2 Å². The number of rotatable bonds is 1. The van der Waals surface area contributed by atoms with Gasteiger partial charge in [0.2, 0.25) is 5.91 Å². The van der Waals surface area contributed by atoms with Gasteiger partial charge < -0.3 is 14.9 Å². The van der Waals surface area contributed by atoms with Crippen LogP contribution >= 0.6 is 0 Å². The summed E-state index contributed by atoms with van der Waals surface area (Å²) < 4.78 is 0. The number of carbonyl (C=O) groups excluding carboxylic acids is 2. The Morgan fingerprint density at radius 1 is 1.35 bits per heavy atom. The van der Waals surface area contributed by atoms with Crippen LogP contribution in [-0.4, -0.2) is 48.1 Å². The molecule has 0 unspecified atom stereocenters. The number of aryl methyl sites for hydroxylation is 1. The molecule has 0 spiro atoms. The zero-order valence-electron chi connectivity index (χ0n) is 11.5. The lowest BCUT2D eigenvalue weighted by Crippen LogP contribution is -2.32. The normalized spacial score (nSPS) is 22.1. The van der Waals surface area contributed by atoms with Crippen LogP contribution < -0.4 is 4.90 Å². The van der Waals surface area contributed by atoms with Crippen molar-refractivity contribution in [1.29, 1.82) is 0 Å². The van der Waals surface area contributed by atoms with Crippen molar-refractivity contribution < 1.29 is 14.7 Å². The number of hydrogen-bond acceptors (Lipinski definition) is 3. The zero-order chi connectivity index (χ0) is 14.3. The van der Waals surface area contributed by atoms with Gasteiger partial charge in [0, 0.05) is 37.8 Å². The molecule has 2 heterocycles. The molecule has 2 aliphatic heterocycles. The monoisotopic (exact) mass is 274 g/mol. The summed E-state index contributed by atoms with van der Waals surface area (Å²) in [5, 5.41) is 9.51. The Morgan fingerprint density at radius 2 is 2.15 bits per heavy atom. The zero-order valence-corrected chi connectivity index (χ0v) is 11.5. The van der Waals surface area contributed by atoms with Gasteiger partial charge in [0.25, 0.3) is 5.91 Å². The van der Waals surface area contributed by atoms with E-state index in [0.717, 1.165) is 11.3 Å². The van der Waals surface area contributed by atoms with Crippen molar-refractivity contribution in [1.82, 2.24) is 4.90 Å². The van der Waals surface area contributed by atoms with Crippen LogP contribution in [0.4, 0.5) is 5.69 Å². The molecule has 1 aromatic carbocycles. The maximum absolute atomic E-state index is 12.4. The number of nitrogens with zero attached hydrogens (tertiary/aromatic N) is 2. The summed E-state index contributed by atoms with van der Waals surface area (Å²) in [6, 6.07) is 5.48. The molecule has 1 fully saturated rings. The van der Waals surface area contributed by atoms with Gasteiger partial charge in [-0.3, -0.25) is 9.59 Å². The van der Waals surface area contributed by atoms with E-state index in [1.54, 1.807) is 22.9 Å². The SMILES string of the molecule is CN1C(=O)CCc2cc(C(=O)N3CC[C@@H](O)C3)ccc21. The summed E-state index contributed by atoms with van der Waals surface area (Å²) in [6.45, 7) is 1.02. The lowest BCUT2D eigenvalue weighted by molar-refractivity contribution is -0.118. The number of amides is 2. The molecule has 20 heavy (non-hydrogen) atoms. The number of β-amino-alcohol motifs (C(OH)–C–C–N with tert-alkyl or cyclic N) is 1. The smallest absolute Gasteiger partial charge is 0.253 e. The minimum Gasteiger partial charge on any atom is -0.391 e. The van der Waals surface area contributed by atoms with Crippen LogP contribution in [0, 0.1) is 0 Å². The lowest BCUT2D eigenvalue weighted by atomic mass is 9.99. The van der Waals surface area contributed by atoms with Crippen LogP contribution in [0.1, 0.15) is 28.8 Å². The summed E-state index contributed by atoms with van der Waals surface area (Å²) in [7, 11) is 1.76. The van der Waals surface area contributed by atoms with E-state index in [9.17, 15) is 14.7 Å². The van der Waals surface area contributed by atoms with Gasteiger partial charge in [-0.1, -0.05) is 0 Å². The largest absolute Gasteiger partial charge is 0.391 e. The summed E-state index contributed by atoms with van der Waals surface area (Å²) in [5.74, 6) is 0.0724. The molecule has 5 heteroatoms. The Kier molecular flexibility index (Phi) is 3.22. The number of aliphatic hydroxyl groups excluding tert-OH is 1. The van der Waals surface area contributed by atoms with Gasteiger partial charge in [-0.2, -0.15) is 0 Å². The Hall–Kier alpha value is -1.88. The van der Waals surface area contributed by atoms with Crippen LogP contribution in [0.3, 0.4) is 0 Å². The first-order valence-corrected chi connectivity index (χ1v) is 6.93. The van der Waals surface area contributed by atoms with E-state index in [2.05, 4.69) is 0 Å². The molecule has 0 radical (unpaired) electrons. The highest BCUT2D eigenvalue weighted by atomic mass is 16.3. The molecule has 3 rings (SSSR count). The lowest BCUT2D eigenvalue weighted by Gasteiger charge is -2.26. The number of benzene rings is 1. The molecule has 1 saturated heterocycles. The third-order valence-electron chi connectivity index (χ3n) is 4.12. The van der Waals surface area contributed by atoms with Crippen molar-refractivity contribution in [2.45, 2.75) is 25.4 Å². The predicted octanol–water partition coefficient (Wildman–Crippen LogP) is 0.802. The predicted molar refractivity (Wildman–Crippen MR) is 74.7 cm³/mol. The van der Waals surface area contributed by atoms with E-state index >= 15 is 0 Å². The summed E-state index contributed by atoms with van der Waals surface area (Å²) in [6.07, 6.45) is 1.42. The van der Waals surface area contributed by atoms with Crippen molar-refractivity contribution in [3.05, 3.63) is 29.3 Å². The second-order valence-electron chi connectivity index (χ2n) is 5.49. The van der Waals surface area contributed by atoms with E-state index in [1.165, 1.54) is 0 Å². The van der Waals surface area contributed by atoms with Gasteiger partial charge in [0.1, 0.15) is 0 Å². The van der Waals surface area contributed by atoms with E-state index < -0.39 is 6.10 Å². The number of anilines is 1. The molecule has 1 aromatic rings. The van der Waals surface area contributed by atoms with E-state index in [1.807, 2.05) is 12.1 Å². The second kappa shape index (κ2) is 4.90. The number of likely N-dealkylation sites (tertiary alicyclic amines) is 1. The van der Waals surface area contributed by atoms with Gasteiger partial charge in [-0.25, -0.2) is 0 Å². The van der Waals surface area contributed by atoms with E-state index in [4.69, 9.17) is 0 Å². The van der Waals surface area contributed by atoms with Crippen molar-refractivity contribution in [2.75, 3.05) is 25.0 Å². The molecule has 0 saturated carbocycles. The maximum Gasteiger partial charge on any atom is 0.253 e. The molecule has 106 valence electrons. The molecule has 0 aromatic heterocycles. The molecule has 1 atom stereocenters. The average molecular weight is 274 g/mol. The fourth-order valence-corrected chi connectivity index (χ4v) is 2.90. The first-order valence-electron chi connectivity index (χ1n) is 6.93. The van der Waals surface area contributed by atoms with E-state index in [0.29, 0.717) is 37.9 Å². The second-order valence-corrected chi connectivity index (χ2v) is 5.49. The Labute approximate surface area is 117 Å². The Bertz CT molecular complexity index is 570. The van der Waals surface area contributed by atoms with Gasteiger partial charge >= 0.3 is 0 Å². The fourth-order valence-electron chi connectivity index (χ4n) is 2.90. The average Bonchev–Trinajstić information content (AvgIpc) is 2.88. The molecule has 1 N–H and O–H groups in total. The highest BCUT2D eigenvalue weighted by Gasteiger charge is 2.27. The van der Waals surface area contributed by atoms with Crippen molar-refractivity contribution >= 4 is 17.5 Å². The number of hydrogen-bond donors (Lipinski definition) is 1. The molecular formula is C15H18N2O3. The highest BCUT2D eigenvalue weighted by molar-refractivity contribution is 5.99. The fraction of sp³-hybridized carbons (Fsp3) is 0.467. The van der Waals surface area contributed by atoms with Crippen LogP contribution in [0.15, 0.2) is 18.2 Å². The molecule has 5 nitrogen and oxygen atoms in total. The van der Waals surface area contributed by atoms with E-state index in [-0.39, 0.29) is 11.8 Å². The topological polar surface area (TPSA) is 60.9 Å². The van der Waals surface area contributed by atoms with Crippen LogP contribution in [0.25, 0.3) is 0 Å². The first kappa shape index (κ1) is 13.1. The summed E-state index contributed by atoms with van der Waals surface area (Å²) >= 11 is 0. The van der Waals surface area contributed by atoms with Crippen LogP contribution in [0.2, 0.25) is 0 Å². The minimum absolute atomic E-state index is 0.0381. The maximum atomic E-state index is 12.4. The van der Waals surface area contributed by atoms with Crippen LogP contribution in [0.5, 0.6) is 0 Å². The number of carbonyl (C=O) groups is 2. The quantitative estimate of drug-likeness (QED) is 0.824. The standard InChI is InChI=1S/C15H18N2O3/c1-16-13-4-2-11(8-10(13)3-5-14(16)19)15(20)17-7-6-12(18)9-17/h2,4,8,12,18H,3,5-7,9H2,1H3/t12-/m1/s1. The van der Waals surface area contributed by atoms with Gasteiger partial charge in [0.15, 0.2) is 0 Å². The van der Waals surface area contributed by atoms with Crippen molar-refractivity contribution in [3.8, 4) is 0 Å². The third-order valence-corrected chi connectivity index (χ3v) is 4.12. The Morgan fingerprint density at radius 3 is 2.85 bits per heavy atom. The Balaban J connectivity index is 1.86. The molecule has 0 aliphatic carbocycles. The van der Waals surface area contributed by atoms with Crippen molar-refractivity contribution in [3.63, 3.8) is 0 Å². The van der Waals surface area contributed by atoms with Crippen molar-refractivity contribution in [2.24, 2.45) is 0 Å². The number of aliphatic hydroxyl groups is 1. The third kappa shape index (κ3) is 2.18. The van der Waals surface area contributed by atoms with Gasteiger partial charge in [-0.05, 0) is 36.6 Å². The molecule has 0 bridgehead atoms. The number of fused-ring (bicyclic) bond motifs is 1. The first-order chi connectivity index (χ1) is 9.56. The van der Waals surface area contributed by atoms with Gasteiger partial charge in [0.05, 0.1) is 6.10 Å².